The fourth-order valence-corrected chi connectivity index (χ4v) is 1.87. The first-order valence-electron chi connectivity index (χ1n) is 5.64. The second-order valence-corrected chi connectivity index (χ2v) is 4.40. The molecule has 0 saturated carbocycles. The van der Waals surface area contributed by atoms with E-state index in [-0.39, 0.29) is 22.5 Å². The zero-order valence-electron chi connectivity index (χ0n) is 9.90. The first-order chi connectivity index (χ1) is 9.08. The normalized spacial score (nSPS) is 19.2. The van der Waals surface area contributed by atoms with Gasteiger partial charge in [0.05, 0.1) is 35.9 Å². The SMILES string of the molecule is O=[N+]([O-])c1cc(Cl)c(F)cc1NCC1COCCO1. The van der Waals surface area contributed by atoms with Gasteiger partial charge in [-0.3, -0.25) is 10.1 Å². The van der Waals surface area contributed by atoms with Crippen molar-refractivity contribution >= 4 is 23.0 Å². The summed E-state index contributed by atoms with van der Waals surface area (Å²) in [5.41, 5.74) is -0.204. The van der Waals surface area contributed by atoms with Crippen LogP contribution in [0, 0.1) is 15.9 Å². The molecular weight excluding hydrogens is 279 g/mol. The van der Waals surface area contributed by atoms with Gasteiger partial charge in [-0.1, -0.05) is 11.6 Å². The van der Waals surface area contributed by atoms with Crippen molar-refractivity contribution in [1.82, 2.24) is 0 Å². The summed E-state index contributed by atoms with van der Waals surface area (Å²) in [5, 5.41) is 13.4. The highest BCUT2D eigenvalue weighted by Crippen LogP contribution is 2.30. The Bertz CT molecular complexity index is 480. The summed E-state index contributed by atoms with van der Waals surface area (Å²) in [6.45, 7) is 1.70. The van der Waals surface area contributed by atoms with E-state index in [1.807, 2.05) is 0 Å². The number of nitro benzene ring substituents is 1. The monoisotopic (exact) mass is 290 g/mol. The van der Waals surface area contributed by atoms with E-state index in [2.05, 4.69) is 5.32 Å². The molecule has 0 radical (unpaired) electrons. The summed E-state index contributed by atoms with van der Waals surface area (Å²) in [6.07, 6.45) is -0.216. The number of halogens is 2. The van der Waals surface area contributed by atoms with Crippen molar-refractivity contribution in [3.8, 4) is 0 Å². The molecule has 2 rings (SSSR count). The lowest BCUT2D eigenvalue weighted by Gasteiger charge is -2.23. The van der Waals surface area contributed by atoms with E-state index in [0.717, 1.165) is 12.1 Å². The van der Waals surface area contributed by atoms with Crippen LogP contribution in [0.1, 0.15) is 0 Å². The molecular formula is C11H12ClFN2O4. The van der Waals surface area contributed by atoms with Crippen molar-refractivity contribution in [3.63, 3.8) is 0 Å². The number of nitrogens with one attached hydrogen (secondary N) is 1. The van der Waals surface area contributed by atoms with Crippen LogP contribution in [0.2, 0.25) is 5.02 Å². The Balaban J connectivity index is 2.09. The maximum absolute atomic E-state index is 13.3. The zero-order valence-corrected chi connectivity index (χ0v) is 10.7. The number of nitrogens with zero attached hydrogens (tertiary/aromatic N) is 1. The number of benzene rings is 1. The molecule has 0 aliphatic carbocycles. The molecule has 1 heterocycles. The van der Waals surface area contributed by atoms with E-state index < -0.39 is 10.7 Å². The molecule has 1 aromatic carbocycles. The summed E-state index contributed by atoms with van der Waals surface area (Å²) in [4.78, 5) is 10.2. The third-order valence-corrected chi connectivity index (χ3v) is 2.93. The average molecular weight is 291 g/mol. The predicted molar refractivity (Wildman–Crippen MR) is 67.1 cm³/mol. The Morgan fingerprint density at radius 2 is 2.32 bits per heavy atom. The van der Waals surface area contributed by atoms with Crippen molar-refractivity contribution in [2.75, 3.05) is 31.7 Å². The number of nitro groups is 1. The van der Waals surface area contributed by atoms with Gasteiger partial charge < -0.3 is 14.8 Å². The van der Waals surface area contributed by atoms with Gasteiger partial charge in [-0.15, -0.1) is 0 Å². The predicted octanol–water partition coefficient (Wildman–Crippen LogP) is 2.21. The molecule has 1 atom stereocenters. The number of ether oxygens (including phenoxy) is 2. The molecule has 1 saturated heterocycles. The Hall–Kier alpha value is -1.44. The second kappa shape index (κ2) is 6.14. The minimum atomic E-state index is -0.712. The van der Waals surface area contributed by atoms with E-state index in [0.29, 0.717) is 26.4 Å². The largest absolute Gasteiger partial charge is 0.377 e. The highest BCUT2D eigenvalue weighted by atomic mass is 35.5. The third-order valence-electron chi connectivity index (χ3n) is 2.64. The number of hydrogen-bond donors (Lipinski definition) is 1. The van der Waals surface area contributed by atoms with Crippen molar-refractivity contribution in [2.45, 2.75) is 6.10 Å². The van der Waals surface area contributed by atoms with Crippen LogP contribution in [0.25, 0.3) is 0 Å². The van der Waals surface area contributed by atoms with Crippen molar-refractivity contribution in [1.29, 1.82) is 0 Å². The lowest BCUT2D eigenvalue weighted by atomic mass is 10.2. The molecule has 19 heavy (non-hydrogen) atoms. The second-order valence-electron chi connectivity index (χ2n) is 3.99. The molecule has 104 valence electrons. The standard InChI is InChI=1S/C11H12ClFN2O4/c12-8-3-11(15(16)17)10(4-9(8)13)14-5-7-6-18-1-2-19-7/h3-4,7,14H,1-2,5-6H2. The minimum absolute atomic E-state index is 0.0704. The summed E-state index contributed by atoms with van der Waals surface area (Å²) in [5.74, 6) is -0.712. The van der Waals surface area contributed by atoms with Crippen LogP contribution < -0.4 is 5.32 Å². The lowest BCUT2D eigenvalue weighted by molar-refractivity contribution is -0.384. The van der Waals surface area contributed by atoms with Gasteiger partial charge in [0.2, 0.25) is 0 Å². The van der Waals surface area contributed by atoms with E-state index in [9.17, 15) is 14.5 Å². The van der Waals surface area contributed by atoms with Gasteiger partial charge in [-0.25, -0.2) is 4.39 Å². The van der Waals surface area contributed by atoms with Crippen LogP contribution in [0.4, 0.5) is 15.8 Å². The van der Waals surface area contributed by atoms with E-state index in [1.165, 1.54) is 0 Å². The van der Waals surface area contributed by atoms with Crippen LogP contribution in [0.5, 0.6) is 0 Å². The average Bonchev–Trinajstić information content (AvgIpc) is 2.40. The molecule has 0 amide bonds. The van der Waals surface area contributed by atoms with Gasteiger partial charge in [-0.05, 0) is 0 Å². The van der Waals surface area contributed by atoms with Crippen LogP contribution in [-0.4, -0.2) is 37.4 Å². The van der Waals surface area contributed by atoms with Crippen molar-refractivity contribution < 1.29 is 18.8 Å². The highest BCUT2D eigenvalue weighted by molar-refractivity contribution is 6.31. The van der Waals surface area contributed by atoms with E-state index in [1.54, 1.807) is 0 Å². The molecule has 8 heteroatoms. The molecule has 1 aliphatic heterocycles. The fraction of sp³-hybridized carbons (Fsp3) is 0.455. The molecule has 1 unspecified atom stereocenters. The van der Waals surface area contributed by atoms with Crippen LogP contribution >= 0.6 is 11.6 Å². The summed E-state index contributed by atoms with van der Waals surface area (Å²) < 4.78 is 23.9. The lowest BCUT2D eigenvalue weighted by Crippen LogP contribution is -2.34. The number of anilines is 1. The quantitative estimate of drug-likeness (QED) is 0.680. The number of rotatable bonds is 4. The minimum Gasteiger partial charge on any atom is -0.377 e. The third kappa shape index (κ3) is 3.52. The molecule has 1 aromatic rings. The molecule has 1 fully saturated rings. The summed E-state index contributed by atoms with van der Waals surface area (Å²) >= 11 is 5.53. The fourth-order valence-electron chi connectivity index (χ4n) is 1.71. The van der Waals surface area contributed by atoms with Gasteiger partial charge in [0.15, 0.2) is 0 Å². The van der Waals surface area contributed by atoms with Gasteiger partial charge in [-0.2, -0.15) is 0 Å². The van der Waals surface area contributed by atoms with Gasteiger partial charge >= 0.3 is 0 Å². The summed E-state index contributed by atoms with van der Waals surface area (Å²) in [6, 6.07) is 1.99. The van der Waals surface area contributed by atoms with Crippen LogP contribution in [0.3, 0.4) is 0 Å². The summed E-state index contributed by atoms with van der Waals surface area (Å²) in [7, 11) is 0. The maximum Gasteiger partial charge on any atom is 0.294 e. The van der Waals surface area contributed by atoms with Crippen LogP contribution in [0.15, 0.2) is 12.1 Å². The van der Waals surface area contributed by atoms with Crippen molar-refractivity contribution in [3.05, 3.63) is 33.1 Å². The van der Waals surface area contributed by atoms with Gasteiger partial charge in [0.1, 0.15) is 11.5 Å². The first-order valence-corrected chi connectivity index (χ1v) is 6.02. The molecule has 0 aromatic heterocycles. The van der Waals surface area contributed by atoms with Gasteiger partial charge in [0, 0.05) is 18.7 Å². The van der Waals surface area contributed by atoms with Crippen molar-refractivity contribution in [2.24, 2.45) is 0 Å². The Labute approximate surface area is 113 Å². The Morgan fingerprint density at radius 3 is 2.95 bits per heavy atom. The van der Waals surface area contributed by atoms with E-state index in [4.69, 9.17) is 21.1 Å². The smallest absolute Gasteiger partial charge is 0.294 e. The first kappa shape index (κ1) is 14.0. The van der Waals surface area contributed by atoms with Crippen LogP contribution in [-0.2, 0) is 9.47 Å². The molecule has 0 spiro atoms. The van der Waals surface area contributed by atoms with E-state index >= 15 is 0 Å². The topological polar surface area (TPSA) is 73.6 Å². The van der Waals surface area contributed by atoms with Gasteiger partial charge in [0.25, 0.3) is 5.69 Å². The molecule has 1 aliphatic rings. The zero-order chi connectivity index (χ0) is 13.8. The molecule has 0 bridgehead atoms. The number of hydrogen-bond acceptors (Lipinski definition) is 5. The molecule has 1 N–H and O–H groups in total. The Morgan fingerprint density at radius 1 is 1.53 bits per heavy atom. The maximum atomic E-state index is 13.3. The highest BCUT2D eigenvalue weighted by Gasteiger charge is 2.20. The Kier molecular flexibility index (Phi) is 4.52. The molecule has 6 nitrogen and oxygen atoms in total.